The van der Waals surface area contributed by atoms with Crippen molar-refractivity contribution in [2.75, 3.05) is 12.5 Å². The van der Waals surface area contributed by atoms with E-state index < -0.39 is 0 Å². The van der Waals surface area contributed by atoms with E-state index in [1.807, 2.05) is 49.4 Å². The second-order valence-corrected chi connectivity index (χ2v) is 9.22. The number of fused-ring (bicyclic) bond motifs is 3. The maximum Gasteiger partial charge on any atom is 0.257 e. The van der Waals surface area contributed by atoms with Gasteiger partial charge in [-0.2, -0.15) is 0 Å². The van der Waals surface area contributed by atoms with Crippen LogP contribution in [0.4, 0.5) is 5.82 Å². The molecule has 176 valence electrons. The fourth-order valence-corrected chi connectivity index (χ4v) is 4.37. The number of nitrogens with two attached hydrogens (primary N) is 1. The standard InChI is InChI=1S/C26H29N5O3/c1-15(2)7-6-8-16(3)28-26(32)22-23-25(30-19-10-5-4-9-18(19)29-23)31(24(22)27)17-11-12-20-21(13-17)34-14-33-20/h4-5,9-13,15-16H,6-8,14,27H2,1-3H3,(H,28,32)/t16-/m1/s1. The Hall–Kier alpha value is -3.81. The molecule has 1 amide bonds. The van der Waals surface area contributed by atoms with Crippen LogP contribution in [0.1, 0.15) is 50.4 Å². The van der Waals surface area contributed by atoms with Gasteiger partial charge in [-0.1, -0.05) is 38.8 Å². The number of hydrogen-bond acceptors (Lipinski definition) is 6. The molecule has 0 saturated heterocycles. The Kier molecular flexibility index (Phi) is 5.73. The number of aromatic nitrogens is 3. The van der Waals surface area contributed by atoms with E-state index in [1.54, 1.807) is 4.57 Å². The van der Waals surface area contributed by atoms with Gasteiger partial charge in [-0.3, -0.25) is 9.36 Å². The Balaban J connectivity index is 1.59. The number of nitrogens with one attached hydrogen (secondary N) is 1. The molecule has 3 N–H and O–H groups in total. The smallest absolute Gasteiger partial charge is 0.257 e. The number of hydrogen-bond donors (Lipinski definition) is 2. The first-order valence-corrected chi connectivity index (χ1v) is 11.7. The third kappa shape index (κ3) is 4.00. The fourth-order valence-electron chi connectivity index (χ4n) is 4.37. The summed E-state index contributed by atoms with van der Waals surface area (Å²) in [5, 5.41) is 3.11. The fraction of sp³-hybridized carbons (Fsp3) is 0.346. The van der Waals surface area contributed by atoms with Gasteiger partial charge in [0.05, 0.1) is 16.7 Å². The molecule has 2 aromatic carbocycles. The second-order valence-electron chi connectivity index (χ2n) is 9.22. The number of benzene rings is 2. The number of anilines is 1. The molecule has 8 heteroatoms. The maximum absolute atomic E-state index is 13.4. The summed E-state index contributed by atoms with van der Waals surface area (Å²) >= 11 is 0. The summed E-state index contributed by atoms with van der Waals surface area (Å²) in [6, 6.07) is 13.1. The molecule has 0 aliphatic carbocycles. The van der Waals surface area contributed by atoms with E-state index in [-0.39, 0.29) is 24.6 Å². The number of carbonyl (C=O) groups is 1. The van der Waals surface area contributed by atoms with Crippen LogP contribution >= 0.6 is 0 Å². The van der Waals surface area contributed by atoms with Crippen LogP contribution in [-0.2, 0) is 0 Å². The van der Waals surface area contributed by atoms with Crippen LogP contribution < -0.4 is 20.5 Å². The summed E-state index contributed by atoms with van der Waals surface area (Å²) in [6.07, 6.45) is 3.08. The quantitative estimate of drug-likeness (QED) is 0.410. The first-order chi connectivity index (χ1) is 16.4. The van der Waals surface area contributed by atoms with Gasteiger partial charge < -0.3 is 20.5 Å². The van der Waals surface area contributed by atoms with E-state index in [1.165, 1.54) is 0 Å². The van der Waals surface area contributed by atoms with E-state index >= 15 is 0 Å². The van der Waals surface area contributed by atoms with Gasteiger partial charge in [0.25, 0.3) is 5.91 Å². The van der Waals surface area contributed by atoms with Gasteiger partial charge in [-0.25, -0.2) is 9.97 Å². The minimum absolute atomic E-state index is 0.0167. The van der Waals surface area contributed by atoms with Crippen molar-refractivity contribution < 1.29 is 14.3 Å². The van der Waals surface area contributed by atoms with Crippen LogP contribution in [0.15, 0.2) is 42.5 Å². The Morgan fingerprint density at radius 1 is 1.06 bits per heavy atom. The van der Waals surface area contributed by atoms with E-state index in [2.05, 4.69) is 19.2 Å². The Morgan fingerprint density at radius 2 is 1.79 bits per heavy atom. The van der Waals surface area contributed by atoms with Crippen LogP contribution in [0.5, 0.6) is 11.5 Å². The molecular weight excluding hydrogens is 430 g/mol. The molecule has 0 spiro atoms. The summed E-state index contributed by atoms with van der Waals surface area (Å²) in [6.45, 7) is 6.61. The predicted octanol–water partition coefficient (Wildman–Crippen LogP) is 4.83. The lowest BCUT2D eigenvalue weighted by molar-refractivity contribution is 0.0940. The highest BCUT2D eigenvalue weighted by Gasteiger charge is 2.26. The van der Waals surface area contributed by atoms with Crippen molar-refractivity contribution in [3.63, 3.8) is 0 Å². The van der Waals surface area contributed by atoms with Crippen LogP contribution in [0, 0.1) is 5.92 Å². The molecule has 4 aromatic rings. The van der Waals surface area contributed by atoms with Crippen LogP contribution in [0.3, 0.4) is 0 Å². The molecular formula is C26H29N5O3. The van der Waals surface area contributed by atoms with Gasteiger partial charge in [-0.15, -0.1) is 0 Å². The SMILES string of the molecule is CC(C)CCC[C@@H](C)NC(=O)c1c(N)n(-c2ccc3c(c2)OCO3)c2nc3ccccc3nc12. The van der Waals surface area contributed by atoms with Crippen LogP contribution in [0.2, 0.25) is 0 Å². The van der Waals surface area contributed by atoms with Crippen molar-refractivity contribution in [1.82, 2.24) is 19.9 Å². The summed E-state index contributed by atoms with van der Waals surface area (Å²) in [4.78, 5) is 23.1. The van der Waals surface area contributed by atoms with Crippen molar-refractivity contribution in [2.24, 2.45) is 5.92 Å². The number of carbonyl (C=O) groups excluding carboxylic acids is 1. The highest BCUT2D eigenvalue weighted by molar-refractivity contribution is 6.11. The molecule has 2 aromatic heterocycles. The molecule has 0 radical (unpaired) electrons. The molecule has 34 heavy (non-hydrogen) atoms. The summed E-state index contributed by atoms with van der Waals surface area (Å²) < 4.78 is 12.8. The number of rotatable bonds is 7. The molecule has 5 rings (SSSR count). The van der Waals surface area contributed by atoms with Gasteiger partial charge in [0.1, 0.15) is 16.9 Å². The van der Waals surface area contributed by atoms with Crippen molar-refractivity contribution in [3.05, 3.63) is 48.0 Å². The normalized spacial score (nSPS) is 13.6. The molecule has 3 heterocycles. The zero-order valence-corrected chi connectivity index (χ0v) is 19.7. The zero-order valence-electron chi connectivity index (χ0n) is 19.7. The second kappa shape index (κ2) is 8.85. The number of nitrogens with zero attached hydrogens (tertiary/aromatic N) is 3. The van der Waals surface area contributed by atoms with E-state index in [4.69, 9.17) is 25.2 Å². The molecule has 8 nitrogen and oxygen atoms in total. The number of nitrogen functional groups attached to an aromatic ring is 1. The monoisotopic (exact) mass is 459 g/mol. The minimum Gasteiger partial charge on any atom is -0.454 e. The summed E-state index contributed by atoms with van der Waals surface area (Å²) in [5.41, 5.74) is 10.1. The Bertz CT molecular complexity index is 1380. The highest BCUT2D eigenvalue weighted by atomic mass is 16.7. The van der Waals surface area contributed by atoms with E-state index in [0.717, 1.165) is 30.5 Å². The molecule has 1 atom stereocenters. The molecule has 0 fully saturated rings. The number of amides is 1. The molecule has 0 unspecified atom stereocenters. The Labute approximate surface area is 198 Å². The van der Waals surface area contributed by atoms with Crippen molar-refractivity contribution in [1.29, 1.82) is 0 Å². The number of para-hydroxylation sites is 2. The third-order valence-electron chi connectivity index (χ3n) is 6.14. The van der Waals surface area contributed by atoms with Crippen LogP contribution in [-0.4, -0.2) is 33.3 Å². The zero-order chi connectivity index (χ0) is 23.8. The highest BCUT2D eigenvalue weighted by Crippen LogP contribution is 2.37. The predicted molar refractivity (Wildman–Crippen MR) is 133 cm³/mol. The molecule has 1 aliphatic heterocycles. The van der Waals surface area contributed by atoms with Crippen molar-refractivity contribution in [2.45, 2.75) is 46.1 Å². The van der Waals surface area contributed by atoms with Gasteiger partial charge in [0.2, 0.25) is 6.79 Å². The van der Waals surface area contributed by atoms with E-state index in [9.17, 15) is 4.79 Å². The van der Waals surface area contributed by atoms with Crippen molar-refractivity contribution >= 4 is 33.9 Å². The lowest BCUT2D eigenvalue weighted by atomic mass is 10.0. The van der Waals surface area contributed by atoms with E-state index in [0.29, 0.717) is 39.7 Å². The largest absolute Gasteiger partial charge is 0.454 e. The lowest BCUT2D eigenvalue weighted by Crippen LogP contribution is -2.33. The summed E-state index contributed by atoms with van der Waals surface area (Å²) in [7, 11) is 0. The number of ether oxygens (including phenoxy) is 2. The average molecular weight is 460 g/mol. The third-order valence-corrected chi connectivity index (χ3v) is 6.14. The summed E-state index contributed by atoms with van der Waals surface area (Å²) in [5.74, 6) is 1.97. The maximum atomic E-state index is 13.4. The van der Waals surface area contributed by atoms with Gasteiger partial charge in [-0.05, 0) is 43.5 Å². The Morgan fingerprint density at radius 3 is 2.56 bits per heavy atom. The topological polar surface area (TPSA) is 104 Å². The average Bonchev–Trinajstić information content (AvgIpc) is 3.37. The van der Waals surface area contributed by atoms with Gasteiger partial charge in [0.15, 0.2) is 17.1 Å². The first-order valence-electron chi connectivity index (χ1n) is 11.7. The molecule has 0 bridgehead atoms. The molecule has 1 aliphatic rings. The van der Waals surface area contributed by atoms with Gasteiger partial charge >= 0.3 is 0 Å². The molecule has 0 saturated carbocycles. The van der Waals surface area contributed by atoms with Crippen molar-refractivity contribution in [3.8, 4) is 17.2 Å². The first kappa shape index (κ1) is 22.0. The van der Waals surface area contributed by atoms with Gasteiger partial charge in [0, 0.05) is 12.1 Å². The van der Waals surface area contributed by atoms with Crippen LogP contribution in [0.25, 0.3) is 27.9 Å². The minimum atomic E-state index is -0.247. The lowest BCUT2D eigenvalue weighted by Gasteiger charge is -2.14.